The third-order valence-corrected chi connectivity index (χ3v) is 11.3. The minimum Gasteiger partial charge on any atom is -0.394 e. The van der Waals surface area contributed by atoms with Gasteiger partial charge in [-0.25, -0.2) is 0 Å². The van der Waals surface area contributed by atoms with Crippen LogP contribution >= 0.6 is 11.8 Å². The number of hydrogen-bond donors (Lipinski definition) is 1. The first-order valence-corrected chi connectivity index (χ1v) is 16.0. The number of nitrogens with zero attached hydrogens (tertiary/aromatic N) is 4. The summed E-state index contributed by atoms with van der Waals surface area (Å²) in [5.41, 5.74) is 1.01. The number of carbonyl (C=O) groups is 3. The predicted octanol–water partition coefficient (Wildman–Crippen LogP) is 2.02. The van der Waals surface area contributed by atoms with Gasteiger partial charge >= 0.3 is 0 Å². The molecule has 6 atom stereocenters. The molecule has 9 nitrogen and oxygen atoms in total. The van der Waals surface area contributed by atoms with Crippen LogP contribution in [0, 0.1) is 11.8 Å². The molecule has 1 aromatic carbocycles. The van der Waals surface area contributed by atoms with Gasteiger partial charge in [-0.3, -0.25) is 19.3 Å². The summed E-state index contributed by atoms with van der Waals surface area (Å²) < 4.78 is 4.78. The van der Waals surface area contributed by atoms with Crippen LogP contribution in [0.25, 0.3) is 0 Å². The Morgan fingerprint density at radius 1 is 1.14 bits per heavy atom. The van der Waals surface area contributed by atoms with E-state index in [2.05, 4.69) is 18.1 Å². The number of hydrogen-bond acceptors (Lipinski definition) is 7. The van der Waals surface area contributed by atoms with Crippen LogP contribution in [0.3, 0.4) is 0 Å². The molecule has 0 saturated carbocycles. The molecule has 1 N–H and O–H groups in total. The van der Waals surface area contributed by atoms with Gasteiger partial charge in [0.25, 0.3) is 0 Å². The topological polar surface area (TPSA) is 93.6 Å². The molecule has 1 spiro atoms. The van der Waals surface area contributed by atoms with Crippen molar-refractivity contribution >= 4 is 29.5 Å². The molecule has 3 amide bonds. The van der Waals surface area contributed by atoms with E-state index >= 15 is 0 Å². The summed E-state index contributed by atoms with van der Waals surface area (Å²) in [5.74, 6) is -1.49. The highest BCUT2D eigenvalue weighted by molar-refractivity contribution is 8.02. The Kier molecular flexibility index (Phi) is 9.77. The average molecular weight is 597 g/mol. The van der Waals surface area contributed by atoms with Crippen LogP contribution in [0.15, 0.2) is 55.6 Å². The molecule has 42 heavy (non-hydrogen) atoms. The summed E-state index contributed by atoms with van der Waals surface area (Å²) in [4.78, 5) is 50.6. The number of rotatable bonds is 13. The highest BCUT2D eigenvalue weighted by atomic mass is 32.2. The van der Waals surface area contributed by atoms with E-state index in [1.54, 1.807) is 45.5 Å². The second kappa shape index (κ2) is 13.3. The fourth-order valence-electron chi connectivity index (χ4n) is 7.32. The molecular weight excluding hydrogens is 552 g/mol. The normalized spacial score (nSPS) is 29.3. The van der Waals surface area contributed by atoms with Crippen LogP contribution in [0.1, 0.15) is 25.3 Å². The molecule has 0 aliphatic carbocycles. The van der Waals surface area contributed by atoms with E-state index < -0.39 is 28.7 Å². The van der Waals surface area contributed by atoms with Gasteiger partial charge in [0, 0.05) is 51.1 Å². The maximum atomic E-state index is 14.5. The Bertz CT molecular complexity index is 1160. The van der Waals surface area contributed by atoms with Gasteiger partial charge in [-0.2, -0.15) is 0 Å². The number of likely N-dealkylation sites (tertiary alicyclic amines) is 1. The van der Waals surface area contributed by atoms with Crippen molar-refractivity contribution in [3.05, 3.63) is 61.2 Å². The Hall–Kier alpha value is -2.66. The first kappa shape index (κ1) is 30.8. The van der Waals surface area contributed by atoms with Crippen molar-refractivity contribution in [1.29, 1.82) is 0 Å². The Morgan fingerprint density at radius 3 is 2.50 bits per heavy atom. The Morgan fingerprint density at radius 2 is 1.83 bits per heavy atom. The zero-order valence-corrected chi connectivity index (χ0v) is 25.4. The highest BCUT2D eigenvalue weighted by Crippen LogP contribution is 2.67. The predicted molar refractivity (Wildman–Crippen MR) is 164 cm³/mol. The molecule has 2 bridgehead atoms. The van der Waals surface area contributed by atoms with Gasteiger partial charge in [0.2, 0.25) is 17.7 Å². The summed E-state index contributed by atoms with van der Waals surface area (Å²) >= 11 is 1.66. The third kappa shape index (κ3) is 5.66. The second-order valence-electron chi connectivity index (χ2n) is 11.9. The van der Waals surface area contributed by atoms with Crippen LogP contribution in [-0.4, -0.2) is 124 Å². The monoisotopic (exact) mass is 596 g/mol. The van der Waals surface area contributed by atoms with E-state index in [1.165, 1.54) is 0 Å². The third-order valence-electron chi connectivity index (χ3n) is 9.32. The van der Waals surface area contributed by atoms with Crippen molar-refractivity contribution in [3.63, 3.8) is 0 Å². The number of carbonyl (C=O) groups excluding carboxylic acids is 3. The van der Waals surface area contributed by atoms with Crippen molar-refractivity contribution in [2.24, 2.45) is 11.8 Å². The fraction of sp³-hybridized carbons (Fsp3) is 0.594. The lowest BCUT2D eigenvalue weighted by Crippen LogP contribution is -2.58. The lowest BCUT2D eigenvalue weighted by atomic mass is 9.70. The molecule has 0 radical (unpaired) electrons. The van der Waals surface area contributed by atoms with Gasteiger partial charge in [-0.1, -0.05) is 42.5 Å². The van der Waals surface area contributed by atoms with Crippen LogP contribution in [0.4, 0.5) is 0 Å². The van der Waals surface area contributed by atoms with Crippen LogP contribution in [0.2, 0.25) is 0 Å². The Labute approximate surface area is 253 Å². The second-order valence-corrected chi connectivity index (χ2v) is 13.5. The summed E-state index contributed by atoms with van der Waals surface area (Å²) in [6.45, 7) is 14.7. The number of thioether (sulfide) groups is 1. The molecule has 4 aliphatic rings. The van der Waals surface area contributed by atoms with E-state index in [0.29, 0.717) is 52.4 Å². The molecule has 4 saturated heterocycles. The molecule has 5 rings (SSSR count). The number of fused-ring (bicyclic) bond motifs is 1. The SMILES string of the molecule is C=CCN(CCN1CCOCC1)C(=O)C1N([C@H](C)CO)C(=O)[C@@H]2[C@H](C(=O)N(CC=C)Cc3ccccc3)[C@@H]3CCC12S3. The molecule has 10 heteroatoms. The van der Waals surface area contributed by atoms with Crippen molar-refractivity contribution in [1.82, 2.24) is 19.6 Å². The molecule has 1 aromatic rings. The standard InChI is InChI=1S/C32H44N4O5S/c1-4-13-34(16-15-33-17-19-41-20-18-33)31(40)28-32-12-11-25(42-32)26(27(32)30(39)36(28)23(3)22-37)29(38)35(14-5-2)21-24-9-7-6-8-10-24/h4-10,23,25-28,37H,1-2,11-22H2,3H3/t23-,25+,26-,27+,28?,32?/m1/s1. The zero-order valence-electron chi connectivity index (χ0n) is 24.6. The van der Waals surface area contributed by atoms with Gasteiger partial charge in [0.05, 0.1) is 42.4 Å². The molecule has 228 valence electrons. The number of aliphatic hydroxyl groups excluding tert-OH is 1. The van der Waals surface area contributed by atoms with Crippen LogP contribution in [0.5, 0.6) is 0 Å². The number of aliphatic hydroxyl groups is 1. The first-order chi connectivity index (χ1) is 20.4. The van der Waals surface area contributed by atoms with Crippen LogP contribution in [-0.2, 0) is 25.7 Å². The minimum absolute atomic E-state index is 0.0300. The Balaban J connectivity index is 1.44. The minimum atomic E-state index is -0.739. The quantitative estimate of drug-likeness (QED) is 0.349. The molecule has 4 fully saturated rings. The van der Waals surface area contributed by atoms with Gasteiger partial charge in [0.1, 0.15) is 6.04 Å². The zero-order chi connectivity index (χ0) is 29.9. The lowest BCUT2D eigenvalue weighted by Gasteiger charge is -2.39. The smallest absolute Gasteiger partial charge is 0.247 e. The van der Waals surface area contributed by atoms with E-state index in [1.807, 2.05) is 30.3 Å². The summed E-state index contributed by atoms with van der Waals surface area (Å²) in [6, 6.07) is 8.55. The maximum absolute atomic E-state index is 14.5. The number of amides is 3. The van der Waals surface area contributed by atoms with Crippen molar-refractivity contribution < 1.29 is 24.2 Å². The van der Waals surface area contributed by atoms with Gasteiger partial charge in [0.15, 0.2) is 0 Å². The van der Waals surface area contributed by atoms with Crippen LogP contribution < -0.4 is 0 Å². The molecule has 4 heterocycles. The number of morpholine rings is 1. The summed E-state index contributed by atoms with van der Waals surface area (Å²) in [7, 11) is 0. The highest BCUT2D eigenvalue weighted by Gasteiger charge is 2.74. The van der Waals surface area contributed by atoms with Gasteiger partial charge < -0.3 is 24.5 Å². The molecular formula is C32H44N4O5S. The molecule has 2 unspecified atom stereocenters. The van der Waals surface area contributed by atoms with Gasteiger partial charge in [-0.15, -0.1) is 24.9 Å². The summed E-state index contributed by atoms with van der Waals surface area (Å²) in [6.07, 6.45) is 4.92. The summed E-state index contributed by atoms with van der Waals surface area (Å²) in [5, 5.41) is 10.2. The molecule has 4 aliphatic heterocycles. The lowest BCUT2D eigenvalue weighted by molar-refractivity contribution is -0.147. The fourth-order valence-corrected chi connectivity index (χ4v) is 9.52. The molecule has 0 aromatic heterocycles. The van der Waals surface area contributed by atoms with Crippen molar-refractivity contribution in [2.75, 3.05) is 59.1 Å². The van der Waals surface area contributed by atoms with Crippen molar-refractivity contribution in [3.8, 4) is 0 Å². The largest absolute Gasteiger partial charge is 0.394 e. The van der Waals surface area contributed by atoms with E-state index in [0.717, 1.165) is 25.1 Å². The van der Waals surface area contributed by atoms with E-state index in [4.69, 9.17) is 4.74 Å². The first-order valence-electron chi connectivity index (χ1n) is 15.1. The number of ether oxygens (including phenoxy) is 1. The average Bonchev–Trinajstić information content (AvgIpc) is 3.66. The van der Waals surface area contributed by atoms with Gasteiger partial charge in [-0.05, 0) is 25.3 Å². The van der Waals surface area contributed by atoms with E-state index in [-0.39, 0.29) is 29.6 Å². The van der Waals surface area contributed by atoms with Crippen molar-refractivity contribution in [2.45, 2.75) is 48.4 Å². The number of benzene rings is 1. The maximum Gasteiger partial charge on any atom is 0.247 e. The van der Waals surface area contributed by atoms with E-state index in [9.17, 15) is 19.5 Å².